The molecule has 0 spiro atoms. The van der Waals surface area contributed by atoms with Gasteiger partial charge in [0.15, 0.2) is 15.8 Å². The predicted molar refractivity (Wildman–Crippen MR) is 131 cm³/mol. The van der Waals surface area contributed by atoms with Gasteiger partial charge in [-0.1, -0.05) is 38.3 Å². The summed E-state index contributed by atoms with van der Waals surface area (Å²) in [7, 11) is -1.12. The molecule has 1 atom stereocenters. The predicted octanol–water partition coefficient (Wildman–Crippen LogP) is 3.67. The lowest BCUT2D eigenvalue weighted by Crippen LogP contribution is -2.39. The molecule has 1 aromatic carbocycles. The highest BCUT2D eigenvalue weighted by atomic mass is 127. The number of aryl methyl sites for hydroxylation is 1. The van der Waals surface area contributed by atoms with E-state index in [1.165, 1.54) is 24.8 Å². The number of nitrogens with one attached hydrogen (secondary N) is 2. The molecule has 0 bridgehead atoms. The SMILES string of the molecule is CCCCCCOc1cc(C)ccc1CNC(=NC)NCC1CCS(=O)(=O)C1.I. The number of hydrogen-bond donors (Lipinski definition) is 2. The summed E-state index contributed by atoms with van der Waals surface area (Å²) in [5.41, 5.74) is 2.27. The normalized spacial score (nSPS) is 18.2. The number of halogens is 1. The number of rotatable bonds is 10. The molecule has 6 nitrogen and oxygen atoms in total. The smallest absolute Gasteiger partial charge is 0.191 e. The Hall–Kier alpha value is -1.03. The number of hydrogen-bond acceptors (Lipinski definition) is 4. The van der Waals surface area contributed by atoms with Gasteiger partial charge in [-0.15, -0.1) is 24.0 Å². The van der Waals surface area contributed by atoms with Gasteiger partial charge in [0.2, 0.25) is 0 Å². The molecular weight excluding hydrogens is 501 g/mol. The van der Waals surface area contributed by atoms with Crippen molar-refractivity contribution >= 4 is 39.8 Å². The molecule has 8 heteroatoms. The van der Waals surface area contributed by atoms with Crippen molar-refractivity contribution in [3.63, 3.8) is 0 Å². The van der Waals surface area contributed by atoms with Crippen molar-refractivity contribution in [1.29, 1.82) is 0 Å². The second-order valence-electron chi connectivity index (χ2n) is 7.60. The first-order valence-corrected chi connectivity index (χ1v) is 12.1. The third-order valence-electron chi connectivity index (χ3n) is 5.03. The van der Waals surface area contributed by atoms with Crippen molar-refractivity contribution in [2.45, 2.75) is 52.5 Å². The lowest BCUT2D eigenvalue weighted by atomic mass is 10.1. The Balaban J connectivity index is 0.00000420. The Labute approximate surface area is 193 Å². The minimum absolute atomic E-state index is 0. The Morgan fingerprint density at radius 2 is 2.03 bits per heavy atom. The van der Waals surface area contributed by atoms with Crippen LogP contribution in [0.1, 0.15) is 50.2 Å². The molecule has 1 heterocycles. The highest BCUT2D eigenvalue weighted by Crippen LogP contribution is 2.21. The third kappa shape index (κ3) is 9.55. The van der Waals surface area contributed by atoms with Crippen molar-refractivity contribution in [3.05, 3.63) is 29.3 Å². The van der Waals surface area contributed by atoms with E-state index in [0.29, 0.717) is 24.8 Å². The van der Waals surface area contributed by atoms with Gasteiger partial charge >= 0.3 is 0 Å². The standard InChI is InChI=1S/C21H35N3O3S.HI/c1-4-5-6-7-11-27-20-13-17(2)8-9-19(20)15-24-21(22-3)23-14-18-10-12-28(25,26)16-18;/h8-9,13,18H,4-7,10-12,14-16H2,1-3H3,(H2,22,23,24);1H. The van der Waals surface area contributed by atoms with Gasteiger partial charge in [-0.2, -0.15) is 0 Å². The summed E-state index contributed by atoms with van der Waals surface area (Å²) < 4.78 is 29.2. The van der Waals surface area contributed by atoms with Crippen molar-refractivity contribution in [1.82, 2.24) is 10.6 Å². The van der Waals surface area contributed by atoms with Gasteiger partial charge in [0.05, 0.1) is 18.1 Å². The molecule has 0 saturated carbocycles. The van der Waals surface area contributed by atoms with Crippen LogP contribution >= 0.6 is 24.0 Å². The fraction of sp³-hybridized carbons (Fsp3) is 0.667. The van der Waals surface area contributed by atoms with Gasteiger partial charge in [-0.3, -0.25) is 4.99 Å². The van der Waals surface area contributed by atoms with E-state index in [1.54, 1.807) is 7.05 Å². The van der Waals surface area contributed by atoms with E-state index >= 15 is 0 Å². The van der Waals surface area contributed by atoms with Crippen LogP contribution < -0.4 is 15.4 Å². The highest BCUT2D eigenvalue weighted by Gasteiger charge is 2.27. The first-order chi connectivity index (χ1) is 13.4. The summed E-state index contributed by atoms with van der Waals surface area (Å²) in [6, 6.07) is 6.25. The van der Waals surface area contributed by atoms with E-state index in [2.05, 4.69) is 47.7 Å². The average Bonchev–Trinajstić information content (AvgIpc) is 3.01. The van der Waals surface area contributed by atoms with Crippen LogP contribution in [-0.2, 0) is 16.4 Å². The monoisotopic (exact) mass is 537 g/mol. The van der Waals surface area contributed by atoms with Crippen molar-refractivity contribution in [3.8, 4) is 5.75 Å². The fourth-order valence-electron chi connectivity index (χ4n) is 3.33. The van der Waals surface area contributed by atoms with Crippen molar-refractivity contribution in [2.24, 2.45) is 10.9 Å². The minimum atomic E-state index is -2.85. The molecule has 1 aromatic rings. The maximum atomic E-state index is 11.6. The van der Waals surface area contributed by atoms with Crippen LogP contribution in [0, 0.1) is 12.8 Å². The molecule has 2 N–H and O–H groups in total. The number of ether oxygens (including phenoxy) is 1. The van der Waals surface area contributed by atoms with Crippen LogP contribution in [0.5, 0.6) is 5.75 Å². The van der Waals surface area contributed by atoms with Crippen LogP contribution in [0.25, 0.3) is 0 Å². The van der Waals surface area contributed by atoms with E-state index in [9.17, 15) is 8.42 Å². The topological polar surface area (TPSA) is 79.8 Å². The third-order valence-corrected chi connectivity index (χ3v) is 6.87. The molecule has 2 rings (SSSR count). The number of unbranched alkanes of at least 4 members (excludes halogenated alkanes) is 3. The largest absolute Gasteiger partial charge is 0.493 e. The Morgan fingerprint density at radius 1 is 1.24 bits per heavy atom. The molecule has 29 heavy (non-hydrogen) atoms. The summed E-state index contributed by atoms with van der Waals surface area (Å²) in [6.07, 6.45) is 5.46. The van der Waals surface area contributed by atoms with Gasteiger partial charge in [-0.05, 0) is 37.3 Å². The zero-order chi connectivity index (χ0) is 20.4. The molecule has 0 amide bonds. The molecule has 0 radical (unpaired) electrons. The summed E-state index contributed by atoms with van der Waals surface area (Å²) in [5.74, 6) is 2.32. The van der Waals surface area contributed by atoms with E-state index in [-0.39, 0.29) is 35.6 Å². The van der Waals surface area contributed by atoms with Crippen LogP contribution in [0.4, 0.5) is 0 Å². The second kappa shape index (κ2) is 13.3. The van der Waals surface area contributed by atoms with Gasteiger partial charge in [-0.25, -0.2) is 8.42 Å². The highest BCUT2D eigenvalue weighted by molar-refractivity contribution is 14.0. The van der Waals surface area contributed by atoms with E-state index in [0.717, 1.165) is 30.8 Å². The van der Waals surface area contributed by atoms with Crippen LogP contribution in [0.3, 0.4) is 0 Å². The van der Waals surface area contributed by atoms with Gasteiger partial charge < -0.3 is 15.4 Å². The number of benzene rings is 1. The van der Waals surface area contributed by atoms with E-state index < -0.39 is 9.84 Å². The summed E-state index contributed by atoms with van der Waals surface area (Å²) in [4.78, 5) is 4.25. The van der Waals surface area contributed by atoms with Gasteiger partial charge in [0.1, 0.15) is 5.75 Å². The molecule has 166 valence electrons. The van der Waals surface area contributed by atoms with Crippen molar-refractivity contribution in [2.75, 3.05) is 31.7 Å². The summed E-state index contributed by atoms with van der Waals surface area (Å²) in [6.45, 7) is 6.23. The summed E-state index contributed by atoms with van der Waals surface area (Å²) in [5, 5.41) is 6.56. The average molecular weight is 538 g/mol. The molecule has 1 aliphatic rings. The van der Waals surface area contributed by atoms with Gasteiger partial charge in [0, 0.05) is 25.7 Å². The molecule has 1 fully saturated rings. The Morgan fingerprint density at radius 3 is 2.69 bits per heavy atom. The molecule has 1 saturated heterocycles. The van der Waals surface area contributed by atoms with Crippen molar-refractivity contribution < 1.29 is 13.2 Å². The lowest BCUT2D eigenvalue weighted by molar-refractivity contribution is 0.301. The number of aliphatic imine (C=N–C) groups is 1. The quantitative estimate of drug-likeness (QED) is 0.206. The Kier molecular flexibility index (Phi) is 11.9. The zero-order valence-electron chi connectivity index (χ0n) is 17.9. The molecular formula is C21H36IN3O3S. The van der Waals surface area contributed by atoms with Crippen LogP contribution in [0.15, 0.2) is 23.2 Å². The maximum Gasteiger partial charge on any atom is 0.191 e. The van der Waals surface area contributed by atoms with E-state index in [4.69, 9.17) is 4.74 Å². The summed E-state index contributed by atoms with van der Waals surface area (Å²) >= 11 is 0. The molecule has 0 aromatic heterocycles. The maximum absolute atomic E-state index is 11.6. The van der Waals surface area contributed by atoms with Crippen LogP contribution in [-0.4, -0.2) is 46.1 Å². The zero-order valence-corrected chi connectivity index (χ0v) is 21.0. The number of sulfone groups is 1. The molecule has 1 aliphatic heterocycles. The first-order valence-electron chi connectivity index (χ1n) is 10.3. The van der Waals surface area contributed by atoms with E-state index in [1.807, 2.05) is 0 Å². The number of nitrogens with zero attached hydrogens (tertiary/aromatic N) is 1. The molecule has 1 unspecified atom stereocenters. The van der Waals surface area contributed by atoms with Crippen LogP contribution in [0.2, 0.25) is 0 Å². The number of guanidine groups is 1. The second-order valence-corrected chi connectivity index (χ2v) is 9.82. The fourth-order valence-corrected chi connectivity index (χ4v) is 5.19. The Bertz CT molecular complexity index is 754. The molecule has 0 aliphatic carbocycles. The van der Waals surface area contributed by atoms with Gasteiger partial charge in [0.25, 0.3) is 0 Å². The first kappa shape index (κ1) is 26.0. The minimum Gasteiger partial charge on any atom is -0.493 e. The lowest BCUT2D eigenvalue weighted by Gasteiger charge is -2.17.